The molecule has 2 heterocycles. The summed E-state index contributed by atoms with van der Waals surface area (Å²) in [4.78, 5) is 19.4. The van der Waals surface area contributed by atoms with Crippen LogP contribution in [0.4, 0.5) is 5.69 Å². The van der Waals surface area contributed by atoms with Crippen LogP contribution in [0, 0.1) is 19.3 Å². The van der Waals surface area contributed by atoms with Crippen LogP contribution in [0.25, 0.3) is 10.9 Å². The van der Waals surface area contributed by atoms with Crippen LogP contribution in [0.15, 0.2) is 54.7 Å². The second-order valence-corrected chi connectivity index (χ2v) is 7.48. The van der Waals surface area contributed by atoms with Gasteiger partial charge in [0, 0.05) is 18.1 Å². The molecule has 1 aliphatic rings. The fourth-order valence-corrected chi connectivity index (χ4v) is 3.98. The van der Waals surface area contributed by atoms with E-state index in [1.54, 1.807) is 6.20 Å². The van der Waals surface area contributed by atoms with Crippen molar-refractivity contribution in [3.63, 3.8) is 0 Å². The second kappa shape index (κ2) is 5.69. The van der Waals surface area contributed by atoms with Gasteiger partial charge in [0.25, 0.3) is 0 Å². The van der Waals surface area contributed by atoms with Crippen LogP contribution in [-0.2, 0) is 11.2 Å². The molecule has 0 N–H and O–H groups in total. The standard InChI is InChI=1S/C22H22N2O/c1-15-10-16(2)12-17(11-15)13-22(3)14-24(21(22)25)19-8-4-6-18-7-5-9-23-20(18)19/h4-12H,13-14H2,1-3H3. The molecule has 0 aliphatic carbocycles. The lowest BCUT2D eigenvalue weighted by molar-refractivity contribution is -0.133. The summed E-state index contributed by atoms with van der Waals surface area (Å²) in [5.41, 5.74) is 5.22. The molecule has 0 spiro atoms. The van der Waals surface area contributed by atoms with Crippen LogP contribution in [-0.4, -0.2) is 17.4 Å². The molecule has 1 aromatic heterocycles. The van der Waals surface area contributed by atoms with E-state index in [1.165, 1.54) is 16.7 Å². The van der Waals surface area contributed by atoms with Gasteiger partial charge in [-0.3, -0.25) is 9.78 Å². The van der Waals surface area contributed by atoms with Crippen LogP contribution in [0.3, 0.4) is 0 Å². The monoisotopic (exact) mass is 330 g/mol. The Kier molecular flexibility index (Phi) is 3.60. The highest BCUT2D eigenvalue weighted by atomic mass is 16.2. The van der Waals surface area contributed by atoms with E-state index in [1.807, 2.05) is 35.2 Å². The van der Waals surface area contributed by atoms with Gasteiger partial charge < -0.3 is 4.90 Å². The first-order chi connectivity index (χ1) is 12.0. The van der Waals surface area contributed by atoms with Crippen molar-refractivity contribution in [2.75, 3.05) is 11.4 Å². The van der Waals surface area contributed by atoms with Crippen molar-refractivity contribution in [1.29, 1.82) is 0 Å². The number of para-hydroxylation sites is 1. The normalized spacial score (nSPS) is 20.0. The third kappa shape index (κ3) is 2.70. The van der Waals surface area contributed by atoms with Gasteiger partial charge in [0.1, 0.15) is 0 Å². The van der Waals surface area contributed by atoms with Crippen LogP contribution in [0.5, 0.6) is 0 Å². The molecule has 1 aliphatic heterocycles. The highest BCUT2D eigenvalue weighted by Crippen LogP contribution is 2.40. The molecule has 3 heteroatoms. The minimum Gasteiger partial charge on any atom is -0.309 e. The molecule has 126 valence electrons. The molecule has 0 radical (unpaired) electrons. The third-order valence-corrected chi connectivity index (χ3v) is 5.05. The SMILES string of the molecule is Cc1cc(C)cc(CC2(C)CN(c3cccc4cccnc34)C2=O)c1. The number of β-lactam (4-membered cyclic amide) rings is 1. The van der Waals surface area contributed by atoms with E-state index in [4.69, 9.17) is 0 Å². The minimum atomic E-state index is -0.336. The molecule has 0 saturated carbocycles. The number of anilines is 1. The number of aromatic nitrogens is 1. The first-order valence-electron chi connectivity index (χ1n) is 8.69. The molecule has 0 bridgehead atoms. The van der Waals surface area contributed by atoms with Gasteiger partial charge in [-0.2, -0.15) is 0 Å². The maximum absolute atomic E-state index is 13.0. The molecule has 1 saturated heterocycles. The van der Waals surface area contributed by atoms with Crippen molar-refractivity contribution in [3.8, 4) is 0 Å². The van der Waals surface area contributed by atoms with Gasteiger partial charge >= 0.3 is 0 Å². The van der Waals surface area contributed by atoms with Crippen molar-refractivity contribution in [1.82, 2.24) is 4.98 Å². The van der Waals surface area contributed by atoms with Gasteiger partial charge in [-0.1, -0.05) is 47.5 Å². The fraction of sp³-hybridized carbons (Fsp3) is 0.273. The van der Waals surface area contributed by atoms with Gasteiger partial charge in [0.2, 0.25) is 5.91 Å². The molecular formula is C22H22N2O. The molecule has 3 aromatic rings. The molecule has 2 aromatic carbocycles. The number of amides is 1. The summed E-state index contributed by atoms with van der Waals surface area (Å²) in [7, 11) is 0. The van der Waals surface area contributed by atoms with E-state index in [2.05, 4.69) is 44.0 Å². The number of carbonyl (C=O) groups excluding carboxylic acids is 1. The largest absolute Gasteiger partial charge is 0.309 e. The molecule has 1 atom stereocenters. The van der Waals surface area contributed by atoms with E-state index in [0.29, 0.717) is 0 Å². The number of pyridine rings is 1. The molecule has 1 unspecified atom stereocenters. The van der Waals surface area contributed by atoms with Crippen LogP contribution in [0.2, 0.25) is 0 Å². The van der Waals surface area contributed by atoms with E-state index < -0.39 is 0 Å². The van der Waals surface area contributed by atoms with Crippen molar-refractivity contribution >= 4 is 22.5 Å². The Labute approximate surface area is 148 Å². The number of benzene rings is 2. The first kappa shape index (κ1) is 15.8. The molecule has 1 fully saturated rings. The number of aryl methyl sites for hydroxylation is 2. The number of nitrogens with zero attached hydrogens (tertiary/aromatic N) is 2. The predicted octanol–water partition coefficient (Wildman–Crippen LogP) is 4.45. The smallest absolute Gasteiger partial charge is 0.235 e. The van der Waals surface area contributed by atoms with Gasteiger partial charge in [-0.25, -0.2) is 0 Å². The Morgan fingerprint density at radius 3 is 2.52 bits per heavy atom. The highest BCUT2D eigenvalue weighted by molar-refractivity contribution is 6.09. The average molecular weight is 330 g/mol. The Bertz CT molecular complexity index is 953. The molecule has 1 amide bonds. The maximum atomic E-state index is 13.0. The summed E-state index contributed by atoms with van der Waals surface area (Å²) in [6.07, 6.45) is 2.56. The second-order valence-electron chi connectivity index (χ2n) is 7.48. The Hall–Kier alpha value is -2.68. The van der Waals surface area contributed by atoms with Gasteiger partial charge in [-0.05, 0) is 44.9 Å². The lowest BCUT2D eigenvalue weighted by Gasteiger charge is -2.47. The average Bonchev–Trinajstić information content (AvgIpc) is 2.58. The molecule has 3 nitrogen and oxygen atoms in total. The zero-order valence-corrected chi connectivity index (χ0v) is 14.9. The summed E-state index contributed by atoms with van der Waals surface area (Å²) in [5.74, 6) is 0.185. The van der Waals surface area contributed by atoms with Crippen molar-refractivity contribution in [3.05, 3.63) is 71.4 Å². The number of rotatable bonds is 3. The summed E-state index contributed by atoms with van der Waals surface area (Å²) in [5, 5.41) is 1.07. The van der Waals surface area contributed by atoms with Crippen molar-refractivity contribution in [2.24, 2.45) is 5.41 Å². The Morgan fingerprint density at radius 1 is 1.08 bits per heavy atom. The summed E-state index contributed by atoms with van der Waals surface area (Å²) in [6.45, 7) is 7.02. The lowest BCUT2D eigenvalue weighted by atomic mass is 9.75. The van der Waals surface area contributed by atoms with E-state index in [0.717, 1.165) is 29.6 Å². The Morgan fingerprint density at radius 2 is 1.80 bits per heavy atom. The lowest BCUT2D eigenvalue weighted by Crippen LogP contribution is -2.61. The van der Waals surface area contributed by atoms with Crippen LogP contribution >= 0.6 is 0 Å². The molecular weight excluding hydrogens is 308 g/mol. The summed E-state index contributed by atoms with van der Waals surface area (Å²) >= 11 is 0. The summed E-state index contributed by atoms with van der Waals surface area (Å²) < 4.78 is 0. The number of hydrogen-bond acceptors (Lipinski definition) is 2. The van der Waals surface area contributed by atoms with Crippen molar-refractivity contribution < 1.29 is 4.79 Å². The van der Waals surface area contributed by atoms with Crippen molar-refractivity contribution in [2.45, 2.75) is 27.2 Å². The van der Waals surface area contributed by atoms with Gasteiger partial charge in [-0.15, -0.1) is 0 Å². The predicted molar refractivity (Wildman–Crippen MR) is 102 cm³/mol. The van der Waals surface area contributed by atoms with Gasteiger partial charge in [0.05, 0.1) is 16.6 Å². The fourth-order valence-electron chi connectivity index (χ4n) is 3.98. The third-order valence-electron chi connectivity index (χ3n) is 5.05. The maximum Gasteiger partial charge on any atom is 0.235 e. The molecule has 4 rings (SSSR count). The van der Waals surface area contributed by atoms with Gasteiger partial charge in [0.15, 0.2) is 0 Å². The minimum absolute atomic E-state index is 0.185. The molecule has 25 heavy (non-hydrogen) atoms. The zero-order valence-electron chi connectivity index (χ0n) is 14.9. The summed E-state index contributed by atoms with van der Waals surface area (Å²) in [6, 6.07) is 16.5. The zero-order chi connectivity index (χ0) is 17.6. The first-order valence-corrected chi connectivity index (χ1v) is 8.69. The Balaban J connectivity index is 1.61. The van der Waals surface area contributed by atoms with Crippen LogP contribution in [0.1, 0.15) is 23.6 Å². The van der Waals surface area contributed by atoms with E-state index in [-0.39, 0.29) is 11.3 Å². The quantitative estimate of drug-likeness (QED) is 0.665. The van der Waals surface area contributed by atoms with Crippen LogP contribution < -0.4 is 4.90 Å². The number of hydrogen-bond donors (Lipinski definition) is 0. The van der Waals surface area contributed by atoms with E-state index in [9.17, 15) is 4.79 Å². The number of fused-ring (bicyclic) bond motifs is 1. The number of carbonyl (C=O) groups is 1. The topological polar surface area (TPSA) is 33.2 Å². The highest BCUT2D eigenvalue weighted by Gasteiger charge is 2.49. The van der Waals surface area contributed by atoms with E-state index >= 15 is 0 Å².